The third kappa shape index (κ3) is 4.26. The molecular weight excluding hydrogens is 288 g/mol. The summed E-state index contributed by atoms with van der Waals surface area (Å²) in [4.78, 5) is 25.2. The fourth-order valence-electron chi connectivity index (χ4n) is 1.97. The van der Waals surface area contributed by atoms with E-state index in [2.05, 4.69) is 5.10 Å². The minimum atomic E-state index is -0.385. The number of esters is 1. The highest BCUT2D eigenvalue weighted by molar-refractivity contribution is 7.14. The summed E-state index contributed by atoms with van der Waals surface area (Å²) < 4.78 is 6.78. The van der Waals surface area contributed by atoms with Crippen LogP contribution in [-0.4, -0.2) is 28.1 Å². The summed E-state index contributed by atoms with van der Waals surface area (Å²) in [5.74, 6) is -0.545. The molecule has 2 aromatic heterocycles. The molecule has 0 aromatic carbocycles. The first-order valence-electron chi connectivity index (χ1n) is 6.72. The molecule has 0 fully saturated rings. The second kappa shape index (κ2) is 6.67. The Morgan fingerprint density at radius 3 is 2.62 bits per heavy atom. The zero-order chi connectivity index (χ0) is 15.4. The van der Waals surface area contributed by atoms with Crippen molar-refractivity contribution in [3.05, 3.63) is 39.3 Å². The van der Waals surface area contributed by atoms with Crippen molar-refractivity contribution in [3.63, 3.8) is 0 Å². The monoisotopic (exact) mass is 306 g/mol. The molecule has 0 aliphatic rings. The molecule has 0 atom stereocenters. The van der Waals surface area contributed by atoms with Crippen LogP contribution in [0.5, 0.6) is 0 Å². The van der Waals surface area contributed by atoms with Crippen molar-refractivity contribution >= 4 is 23.1 Å². The smallest absolute Gasteiger partial charge is 0.308 e. The summed E-state index contributed by atoms with van der Waals surface area (Å²) in [6.07, 6.45) is 0.207. The predicted octanol–water partition coefficient (Wildman–Crippen LogP) is 2.69. The number of Topliss-reactive ketones (excluding diaryl/α,β-unsaturated/α-hetero) is 1. The van der Waals surface area contributed by atoms with Gasteiger partial charge in [-0.3, -0.25) is 14.3 Å². The number of ketones is 1. The van der Waals surface area contributed by atoms with Gasteiger partial charge < -0.3 is 4.74 Å². The maximum absolute atomic E-state index is 11.8. The molecule has 0 saturated heterocycles. The van der Waals surface area contributed by atoms with Crippen molar-refractivity contribution in [2.75, 3.05) is 6.61 Å². The van der Waals surface area contributed by atoms with Crippen molar-refractivity contribution in [1.29, 1.82) is 0 Å². The Kier molecular flexibility index (Phi) is 4.90. The van der Waals surface area contributed by atoms with Crippen LogP contribution in [0.15, 0.2) is 18.2 Å². The molecule has 2 aromatic rings. The third-order valence-corrected chi connectivity index (χ3v) is 4.05. The molecule has 0 unspecified atom stereocenters. The van der Waals surface area contributed by atoms with Crippen LogP contribution >= 0.6 is 11.3 Å². The van der Waals surface area contributed by atoms with E-state index >= 15 is 0 Å². The lowest BCUT2D eigenvalue weighted by atomic mass is 10.3. The summed E-state index contributed by atoms with van der Waals surface area (Å²) in [6, 6.07) is 5.59. The van der Waals surface area contributed by atoms with Gasteiger partial charge in [0.05, 0.1) is 23.5 Å². The molecule has 0 aliphatic carbocycles. The zero-order valence-corrected chi connectivity index (χ0v) is 13.2. The largest absolute Gasteiger partial charge is 0.457 e. The lowest BCUT2D eigenvalue weighted by Gasteiger charge is -2.05. The van der Waals surface area contributed by atoms with Crippen LogP contribution in [0.1, 0.15) is 32.4 Å². The molecule has 0 amide bonds. The van der Waals surface area contributed by atoms with E-state index in [9.17, 15) is 9.59 Å². The standard InChI is InChI=1S/C15H18N2O3S/c1-10-8-11(2)17(16-10)7-6-15(19)20-9-13(18)14-5-4-12(3)21-14/h4-5,8H,6-7,9H2,1-3H3. The average Bonchev–Trinajstić information content (AvgIpc) is 2.99. The number of hydrogen-bond donors (Lipinski definition) is 0. The minimum Gasteiger partial charge on any atom is -0.457 e. The first-order chi connectivity index (χ1) is 9.95. The van der Waals surface area contributed by atoms with E-state index in [0.29, 0.717) is 11.4 Å². The minimum absolute atomic E-state index is 0.160. The molecule has 0 saturated carbocycles. The van der Waals surface area contributed by atoms with Gasteiger partial charge in [0.1, 0.15) is 0 Å². The first kappa shape index (κ1) is 15.4. The van der Waals surface area contributed by atoms with Gasteiger partial charge in [-0.2, -0.15) is 5.10 Å². The lowest BCUT2D eigenvalue weighted by molar-refractivity contribution is -0.142. The molecule has 0 aliphatic heterocycles. The lowest BCUT2D eigenvalue weighted by Crippen LogP contribution is -2.15. The highest BCUT2D eigenvalue weighted by atomic mass is 32.1. The van der Waals surface area contributed by atoms with Crippen LogP contribution in [0.4, 0.5) is 0 Å². The maximum Gasteiger partial charge on any atom is 0.308 e. The van der Waals surface area contributed by atoms with Gasteiger partial charge in [0.25, 0.3) is 0 Å². The molecule has 21 heavy (non-hydrogen) atoms. The van der Waals surface area contributed by atoms with Crippen LogP contribution < -0.4 is 0 Å². The molecule has 2 rings (SSSR count). The van der Waals surface area contributed by atoms with Crippen molar-refractivity contribution in [1.82, 2.24) is 9.78 Å². The van der Waals surface area contributed by atoms with E-state index in [1.807, 2.05) is 32.9 Å². The quantitative estimate of drug-likeness (QED) is 0.608. The van der Waals surface area contributed by atoms with Gasteiger partial charge in [0.2, 0.25) is 5.78 Å². The Labute approximate surface area is 127 Å². The van der Waals surface area contributed by atoms with Gasteiger partial charge in [0, 0.05) is 10.6 Å². The molecule has 5 nitrogen and oxygen atoms in total. The Morgan fingerprint density at radius 1 is 1.29 bits per heavy atom. The van der Waals surface area contributed by atoms with Gasteiger partial charge in [-0.15, -0.1) is 11.3 Å². The summed E-state index contributed by atoms with van der Waals surface area (Å²) in [5, 5.41) is 4.27. The topological polar surface area (TPSA) is 61.2 Å². The summed E-state index contributed by atoms with van der Waals surface area (Å²) >= 11 is 1.41. The Balaban J connectivity index is 1.77. The molecule has 0 spiro atoms. The fourth-order valence-corrected chi connectivity index (χ4v) is 2.76. The van der Waals surface area contributed by atoms with Crippen molar-refractivity contribution < 1.29 is 14.3 Å². The fraction of sp³-hybridized carbons (Fsp3) is 0.400. The number of rotatable bonds is 6. The molecule has 6 heteroatoms. The van der Waals surface area contributed by atoms with Gasteiger partial charge in [-0.1, -0.05) is 0 Å². The van der Waals surface area contributed by atoms with Gasteiger partial charge >= 0.3 is 5.97 Å². The number of carbonyl (C=O) groups is 2. The number of hydrogen-bond acceptors (Lipinski definition) is 5. The van der Waals surface area contributed by atoms with Crippen LogP contribution in [0, 0.1) is 20.8 Å². The normalized spacial score (nSPS) is 10.6. The number of aromatic nitrogens is 2. The number of nitrogens with zero attached hydrogens (tertiary/aromatic N) is 2. The third-order valence-electron chi connectivity index (χ3n) is 3.01. The van der Waals surface area contributed by atoms with Crippen molar-refractivity contribution in [2.24, 2.45) is 0 Å². The SMILES string of the molecule is Cc1cc(C)n(CCC(=O)OCC(=O)c2ccc(C)s2)n1. The summed E-state index contributed by atoms with van der Waals surface area (Å²) in [5.41, 5.74) is 1.93. The summed E-state index contributed by atoms with van der Waals surface area (Å²) in [7, 11) is 0. The predicted molar refractivity (Wildman–Crippen MR) is 80.7 cm³/mol. The Morgan fingerprint density at radius 2 is 2.05 bits per heavy atom. The highest BCUT2D eigenvalue weighted by Crippen LogP contribution is 2.15. The zero-order valence-electron chi connectivity index (χ0n) is 12.4. The number of ether oxygens (including phenoxy) is 1. The second-order valence-corrected chi connectivity index (χ2v) is 6.18. The van der Waals surface area contributed by atoms with E-state index in [4.69, 9.17) is 4.74 Å². The molecule has 0 bridgehead atoms. The Hall–Kier alpha value is -1.95. The maximum atomic E-state index is 11.8. The van der Waals surface area contributed by atoms with Crippen LogP contribution in [0.25, 0.3) is 0 Å². The number of carbonyl (C=O) groups excluding carboxylic acids is 2. The molecule has 2 heterocycles. The van der Waals surface area contributed by atoms with Crippen LogP contribution in [0.2, 0.25) is 0 Å². The summed E-state index contributed by atoms with van der Waals surface area (Å²) in [6.45, 7) is 6.04. The molecular formula is C15H18N2O3S. The van der Waals surface area contributed by atoms with Gasteiger partial charge in [-0.05, 0) is 39.0 Å². The van der Waals surface area contributed by atoms with Crippen molar-refractivity contribution in [2.45, 2.75) is 33.7 Å². The number of thiophene rings is 1. The first-order valence-corrected chi connectivity index (χ1v) is 7.53. The van der Waals surface area contributed by atoms with E-state index in [1.165, 1.54) is 11.3 Å². The van der Waals surface area contributed by atoms with Crippen molar-refractivity contribution in [3.8, 4) is 0 Å². The second-order valence-electron chi connectivity index (χ2n) is 4.89. The van der Waals surface area contributed by atoms with E-state index < -0.39 is 0 Å². The van der Waals surface area contributed by atoms with E-state index in [1.54, 1.807) is 10.7 Å². The highest BCUT2D eigenvalue weighted by Gasteiger charge is 2.12. The average molecular weight is 306 g/mol. The van der Waals surface area contributed by atoms with E-state index in [-0.39, 0.29) is 24.8 Å². The van der Waals surface area contributed by atoms with Gasteiger partial charge in [0.15, 0.2) is 6.61 Å². The molecule has 0 N–H and O–H groups in total. The van der Waals surface area contributed by atoms with Gasteiger partial charge in [-0.25, -0.2) is 0 Å². The number of aryl methyl sites for hydroxylation is 4. The van der Waals surface area contributed by atoms with Crippen LogP contribution in [-0.2, 0) is 16.1 Å². The molecule has 112 valence electrons. The van der Waals surface area contributed by atoms with Crippen LogP contribution in [0.3, 0.4) is 0 Å². The molecule has 0 radical (unpaired) electrons. The Bertz CT molecular complexity index is 658. The van der Waals surface area contributed by atoms with E-state index in [0.717, 1.165) is 16.3 Å².